The first-order valence-electron chi connectivity index (χ1n) is 6.76. The first kappa shape index (κ1) is 14.2. The number of ether oxygens (including phenoxy) is 1. The van der Waals surface area contributed by atoms with Crippen LogP contribution in [0.5, 0.6) is 5.75 Å². The van der Waals surface area contributed by atoms with Gasteiger partial charge in [-0.2, -0.15) is 0 Å². The van der Waals surface area contributed by atoms with Crippen molar-refractivity contribution in [2.24, 2.45) is 0 Å². The zero-order valence-electron chi connectivity index (χ0n) is 12.3. The van der Waals surface area contributed by atoms with Gasteiger partial charge in [0.25, 0.3) is 0 Å². The van der Waals surface area contributed by atoms with E-state index >= 15 is 0 Å². The molecule has 0 unspecified atom stereocenters. The number of rotatable bonds is 6. The Morgan fingerprint density at radius 3 is 2.60 bits per heavy atom. The average Bonchev–Trinajstić information content (AvgIpc) is 2.48. The third-order valence-electron chi connectivity index (χ3n) is 3.12. The van der Waals surface area contributed by atoms with E-state index in [1.165, 1.54) is 5.56 Å². The Labute approximate surface area is 120 Å². The summed E-state index contributed by atoms with van der Waals surface area (Å²) in [7, 11) is 3.75. The zero-order chi connectivity index (χ0) is 14.4. The lowest BCUT2D eigenvalue weighted by atomic mass is 10.2. The predicted octanol–water partition coefficient (Wildman–Crippen LogP) is 3.16. The highest BCUT2D eigenvalue weighted by Crippen LogP contribution is 2.19. The van der Waals surface area contributed by atoms with Gasteiger partial charge < -0.3 is 15.0 Å². The Morgan fingerprint density at radius 1 is 1.20 bits per heavy atom. The fourth-order valence-corrected chi connectivity index (χ4v) is 2.03. The summed E-state index contributed by atoms with van der Waals surface area (Å²) in [6.07, 6.45) is 3.72. The molecule has 1 N–H and O–H groups in total. The number of hydrogen-bond donors (Lipinski definition) is 1. The molecule has 0 spiro atoms. The summed E-state index contributed by atoms with van der Waals surface area (Å²) in [6, 6.07) is 10.2. The van der Waals surface area contributed by atoms with Crippen LogP contribution in [0.4, 0.5) is 11.4 Å². The number of aromatic nitrogens is 1. The normalized spacial score (nSPS) is 10.2. The van der Waals surface area contributed by atoms with E-state index in [1.54, 1.807) is 7.11 Å². The molecule has 2 rings (SSSR count). The molecule has 20 heavy (non-hydrogen) atoms. The Bertz CT molecular complexity index is 540. The minimum absolute atomic E-state index is 0.835. The van der Waals surface area contributed by atoms with E-state index in [0.29, 0.717) is 0 Å². The van der Waals surface area contributed by atoms with Crippen LogP contribution in [0.3, 0.4) is 0 Å². The van der Waals surface area contributed by atoms with Crippen molar-refractivity contribution in [2.45, 2.75) is 13.5 Å². The van der Waals surface area contributed by atoms with Crippen molar-refractivity contribution in [3.05, 3.63) is 48.3 Å². The van der Waals surface area contributed by atoms with Crippen LogP contribution in [0.25, 0.3) is 0 Å². The van der Waals surface area contributed by atoms with Gasteiger partial charge in [-0.1, -0.05) is 12.1 Å². The van der Waals surface area contributed by atoms with Crippen LogP contribution in [0.15, 0.2) is 42.7 Å². The summed E-state index contributed by atoms with van der Waals surface area (Å²) in [4.78, 5) is 6.45. The summed E-state index contributed by atoms with van der Waals surface area (Å²) in [5.74, 6) is 0.882. The number of benzene rings is 1. The van der Waals surface area contributed by atoms with Gasteiger partial charge in [0.05, 0.1) is 30.9 Å². The molecule has 4 nitrogen and oxygen atoms in total. The van der Waals surface area contributed by atoms with Crippen LogP contribution in [0.2, 0.25) is 0 Å². The SMILES string of the molecule is CCNc1cncc(N(C)Cc2ccc(OC)cc2)c1. The van der Waals surface area contributed by atoms with Gasteiger partial charge >= 0.3 is 0 Å². The van der Waals surface area contributed by atoms with Crippen molar-refractivity contribution in [3.8, 4) is 5.75 Å². The number of methoxy groups -OCH3 is 1. The highest BCUT2D eigenvalue weighted by molar-refractivity contribution is 5.55. The molecule has 0 bridgehead atoms. The number of nitrogens with one attached hydrogen (secondary N) is 1. The van der Waals surface area contributed by atoms with Crippen LogP contribution in [0, 0.1) is 0 Å². The summed E-state index contributed by atoms with van der Waals surface area (Å²) in [6.45, 7) is 3.81. The molecule has 0 aliphatic carbocycles. The largest absolute Gasteiger partial charge is 0.497 e. The Balaban J connectivity index is 2.06. The van der Waals surface area contributed by atoms with E-state index in [0.717, 1.165) is 30.2 Å². The Kier molecular flexibility index (Phi) is 4.82. The summed E-state index contributed by atoms with van der Waals surface area (Å²) in [5, 5.41) is 3.28. The van der Waals surface area contributed by atoms with Crippen molar-refractivity contribution < 1.29 is 4.74 Å². The van der Waals surface area contributed by atoms with Crippen molar-refractivity contribution >= 4 is 11.4 Å². The summed E-state index contributed by atoms with van der Waals surface area (Å²) >= 11 is 0. The van der Waals surface area contributed by atoms with E-state index < -0.39 is 0 Å². The Hall–Kier alpha value is -2.23. The lowest BCUT2D eigenvalue weighted by Crippen LogP contribution is -2.16. The molecular formula is C16H21N3O. The molecule has 0 amide bonds. The number of hydrogen-bond acceptors (Lipinski definition) is 4. The summed E-state index contributed by atoms with van der Waals surface area (Å²) in [5.41, 5.74) is 3.38. The van der Waals surface area contributed by atoms with Gasteiger partial charge in [-0.3, -0.25) is 4.98 Å². The van der Waals surface area contributed by atoms with Gasteiger partial charge in [0.15, 0.2) is 0 Å². The van der Waals surface area contributed by atoms with E-state index in [9.17, 15) is 0 Å². The van der Waals surface area contributed by atoms with Crippen LogP contribution >= 0.6 is 0 Å². The maximum atomic E-state index is 5.17. The van der Waals surface area contributed by atoms with Gasteiger partial charge in [-0.05, 0) is 30.7 Å². The molecule has 1 aromatic carbocycles. The number of nitrogens with zero attached hydrogens (tertiary/aromatic N) is 2. The molecule has 106 valence electrons. The molecule has 0 saturated carbocycles. The van der Waals surface area contributed by atoms with Crippen LogP contribution in [-0.2, 0) is 6.54 Å². The van der Waals surface area contributed by atoms with E-state index in [1.807, 2.05) is 24.5 Å². The fourth-order valence-electron chi connectivity index (χ4n) is 2.03. The first-order chi connectivity index (χ1) is 9.72. The van der Waals surface area contributed by atoms with Gasteiger partial charge in [-0.15, -0.1) is 0 Å². The quantitative estimate of drug-likeness (QED) is 0.875. The second-order valence-corrected chi connectivity index (χ2v) is 4.67. The highest BCUT2D eigenvalue weighted by Gasteiger charge is 2.04. The molecule has 2 aromatic rings. The van der Waals surface area contributed by atoms with Crippen molar-refractivity contribution in [2.75, 3.05) is 30.9 Å². The molecule has 1 aromatic heterocycles. The van der Waals surface area contributed by atoms with Crippen molar-refractivity contribution in [1.29, 1.82) is 0 Å². The molecule has 1 heterocycles. The Morgan fingerprint density at radius 2 is 1.95 bits per heavy atom. The lowest BCUT2D eigenvalue weighted by molar-refractivity contribution is 0.414. The monoisotopic (exact) mass is 271 g/mol. The maximum Gasteiger partial charge on any atom is 0.118 e. The molecule has 0 fully saturated rings. The summed E-state index contributed by atoms with van der Waals surface area (Å²) < 4.78 is 5.17. The molecular weight excluding hydrogens is 250 g/mol. The smallest absolute Gasteiger partial charge is 0.118 e. The first-order valence-corrected chi connectivity index (χ1v) is 6.76. The molecule has 0 radical (unpaired) electrons. The van der Waals surface area contributed by atoms with Crippen molar-refractivity contribution in [1.82, 2.24) is 4.98 Å². The highest BCUT2D eigenvalue weighted by atomic mass is 16.5. The molecule has 0 aliphatic heterocycles. The zero-order valence-corrected chi connectivity index (χ0v) is 12.3. The minimum Gasteiger partial charge on any atom is -0.497 e. The second kappa shape index (κ2) is 6.80. The lowest BCUT2D eigenvalue weighted by Gasteiger charge is -2.20. The van der Waals surface area contributed by atoms with Gasteiger partial charge in [0, 0.05) is 20.1 Å². The third-order valence-corrected chi connectivity index (χ3v) is 3.12. The van der Waals surface area contributed by atoms with Gasteiger partial charge in [0.2, 0.25) is 0 Å². The second-order valence-electron chi connectivity index (χ2n) is 4.67. The third kappa shape index (κ3) is 3.63. The number of anilines is 2. The standard InChI is InChI=1S/C16H21N3O/c1-4-18-14-9-15(11-17-10-14)19(2)12-13-5-7-16(20-3)8-6-13/h5-11,18H,4,12H2,1-3H3. The molecule has 0 saturated heterocycles. The fraction of sp³-hybridized carbons (Fsp3) is 0.312. The maximum absolute atomic E-state index is 5.17. The number of pyridine rings is 1. The average molecular weight is 271 g/mol. The van der Waals surface area contributed by atoms with Crippen molar-refractivity contribution in [3.63, 3.8) is 0 Å². The minimum atomic E-state index is 0.835. The van der Waals surface area contributed by atoms with Gasteiger partial charge in [-0.25, -0.2) is 0 Å². The van der Waals surface area contributed by atoms with E-state index in [-0.39, 0.29) is 0 Å². The van der Waals surface area contributed by atoms with Crippen LogP contribution in [0.1, 0.15) is 12.5 Å². The predicted molar refractivity (Wildman–Crippen MR) is 83.5 cm³/mol. The molecule has 0 aliphatic rings. The van der Waals surface area contributed by atoms with Gasteiger partial charge in [0.1, 0.15) is 5.75 Å². The molecule has 4 heteroatoms. The van der Waals surface area contributed by atoms with E-state index in [2.05, 4.69) is 47.4 Å². The van der Waals surface area contributed by atoms with E-state index in [4.69, 9.17) is 4.74 Å². The van der Waals surface area contributed by atoms with Crippen LogP contribution in [-0.4, -0.2) is 25.7 Å². The molecule has 0 atom stereocenters. The topological polar surface area (TPSA) is 37.4 Å². The van der Waals surface area contributed by atoms with Crippen LogP contribution < -0.4 is 15.0 Å².